The number of amides is 1. The molecule has 0 aliphatic carbocycles. The Morgan fingerprint density at radius 3 is 2.35 bits per heavy atom. The van der Waals surface area contributed by atoms with Crippen LogP contribution in [0.5, 0.6) is 0 Å². The largest absolute Gasteiger partial charge is 0.337 e. The Morgan fingerprint density at radius 1 is 0.968 bits per heavy atom. The van der Waals surface area contributed by atoms with Crippen molar-refractivity contribution in [1.29, 1.82) is 0 Å². The number of nitrogens with zero attached hydrogens (tertiary/aromatic N) is 4. The Balaban J connectivity index is 1.46. The van der Waals surface area contributed by atoms with E-state index in [-0.39, 0.29) is 5.91 Å². The van der Waals surface area contributed by atoms with Gasteiger partial charge in [0.25, 0.3) is 5.91 Å². The van der Waals surface area contributed by atoms with Gasteiger partial charge in [0.2, 0.25) is 0 Å². The van der Waals surface area contributed by atoms with E-state index in [0.29, 0.717) is 18.0 Å². The summed E-state index contributed by atoms with van der Waals surface area (Å²) in [4.78, 5) is 18.9. The first-order valence-electron chi connectivity index (χ1n) is 10.4. The van der Waals surface area contributed by atoms with Crippen molar-refractivity contribution in [3.63, 3.8) is 0 Å². The molecule has 2 aromatic carbocycles. The highest BCUT2D eigenvalue weighted by atomic mass is 16.2. The predicted octanol–water partition coefficient (Wildman–Crippen LogP) is 5.33. The summed E-state index contributed by atoms with van der Waals surface area (Å²) in [5, 5.41) is 4.47. The van der Waals surface area contributed by atoms with Gasteiger partial charge < -0.3 is 4.90 Å². The van der Waals surface area contributed by atoms with Gasteiger partial charge in [0.05, 0.1) is 23.1 Å². The third-order valence-corrected chi connectivity index (χ3v) is 5.32. The van der Waals surface area contributed by atoms with E-state index >= 15 is 0 Å². The summed E-state index contributed by atoms with van der Waals surface area (Å²) < 4.78 is 1.84. The SMILES string of the molecule is CC(C)c1ccc(-n2cc(-c3ccc(C(=O)N(C)Cc4ccccc4)cn3)cn2)cc1. The van der Waals surface area contributed by atoms with Crippen molar-refractivity contribution in [1.82, 2.24) is 19.7 Å². The van der Waals surface area contributed by atoms with E-state index in [0.717, 1.165) is 22.5 Å². The maximum Gasteiger partial charge on any atom is 0.255 e. The van der Waals surface area contributed by atoms with Crippen molar-refractivity contribution in [2.24, 2.45) is 0 Å². The topological polar surface area (TPSA) is 51.0 Å². The molecule has 2 aromatic heterocycles. The lowest BCUT2D eigenvalue weighted by molar-refractivity contribution is 0.0784. The zero-order chi connectivity index (χ0) is 21.8. The van der Waals surface area contributed by atoms with E-state index in [2.05, 4.69) is 48.2 Å². The summed E-state index contributed by atoms with van der Waals surface area (Å²) in [6.45, 7) is 4.92. The van der Waals surface area contributed by atoms with E-state index in [1.54, 1.807) is 24.3 Å². The lowest BCUT2D eigenvalue weighted by Gasteiger charge is -2.17. The Hall–Kier alpha value is -3.73. The summed E-state index contributed by atoms with van der Waals surface area (Å²) in [5.41, 5.74) is 5.66. The van der Waals surface area contributed by atoms with Gasteiger partial charge in [-0.1, -0.05) is 56.3 Å². The summed E-state index contributed by atoms with van der Waals surface area (Å²) in [7, 11) is 1.80. The number of carbonyl (C=O) groups is 1. The number of benzene rings is 2. The van der Waals surface area contributed by atoms with Gasteiger partial charge in [-0.15, -0.1) is 0 Å². The zero-order valence-corrected chi connectivity index (χ0v) is 18.1. The Labute approximate surface area is 183 Å². The second-order valence-electron chi connectivity index (χ2n) is 8.00. The Morgan fingerprint density at radius 2 is 1.71 bits per heavy atom. The van der Waals surface area contributed by atoms with Gasteiger partial charge in [0, 0.05) is 31.5 Å². The molecule has 0 radical (unpaired) electrons. The van der Waals surface area contributed by atoms with Gasteiger partial charge in [0.15, 0.2) is 0 Å². The second-order valence-corrected chi connectivity index (χ2v) is 8.00. The number of aromatic nitrogens is 3. The molecule has 4 rings (SSSR count). The normalized spacial score (nSPS) is 11.0. The van der Waals surface area contributed by atoms with Crippen molar-refractivity contribution in [2.45, 2.75) is 26.3 Å². The van der Waals surface area contributed by atoms with E-state index in [4.69, 9.17) is 0 Å². The predicted molar refractivity (Wildman–Crippen MR) is 123 cm³/mol. The van der Waals surface area contributed by atoms with Crippen LogP contribution >= 0.6 is 0 Å². The molecule has 0 saturated heterocycles. The fraction of sp³-hybridized carbons (Fsp3) is 0.192. The van der Waals surface area contributed by atoms with Crippen LogP contribution in [0.1, 0.15) is 41.3 Å². The first-order chi connectivity index (χ1) is 15.0. The molecule has 4 aromatic rings. The molecule has 0 N–H and O–H groups in total. The molecule has 156 valence electrons. The summed E-state index contributed by atoms with van der Waals surface area (Å²) >= 11 is 0. The number of rotatable bonds is 6. The van der Waals surface area contributed by atoms with E-state index < -0.39 is 0 Å². The molecule has 5 nitrogen and oxygen atoms in total. The van der Waals surface area contributed by atoms with Gasteiger partial charge in [-0.3, -0.25) is 9.78 Å². The minimum absolute atomic E-state index is 0.0520. The standard InChI is InChI=1S/C26H26N4O/c1-19(2)21-9-12-24(13-10-21)30-18-23(16-28-30)25-14-11-22(15-27-25)26(31)29(3)17-20-7-5-4-6-8-20/h4-16,18-19H,17H2,1-3H3. The highest BCUT2D eigenvalue weighted by Crippen LogP contribution is 2.21. The van der Waals surface area contributed by atoms with Crippen molar-refractivity contribution >= 4 is 5.91 Å². The van der Waals surface area contributed by atoms with Crippen molar-refractivity contribution in [3.8, 4) is 16.9 Å². The van der Waals surface area contributed by atoms with Crippen LogP contribution in [-0.4, -0.2) is 32.6 Å². The van der Waals surface area contributed by atoms with Crippen LogP contribution in [0.4, 0.5) is 0 Å². The van der Waals surface area contributed by atoms with E-state index in [9.17, 15) is 4.79 Å². The molecule has 31 heavy (non-hydrogen) atoms. The second kappa shape index (κ2) is 8.96. The van der Waals surface area contributed by atoms with Gasteiger partial charge in [-0.25, -0.2) is 4.68 Å². The Bertz CT molecular complexity index is 1150. The molecular weight excluding hydrogens is 384 g/mol. The molecule has 0 fully saturated rings. The number of hydrogen-bond donors (Lipinski definition) is 0. The summed E-state index contributed by atoms with van der Waals surface area (Å²) in [6, 6.07) is 22.0. The highest BCUT2D eigenvalue weighted by Gasteiger charge is 2.13. The molecule has 5 heteroatoms. The monoisotopic (exact) mass is 410 g/mol. The van der Waals surface area contributed by atoms with Gasteiger partial charge in [-0.05, 0) is 41.3 Å². The van der Waals surface area contributed by atoms with E-state index in [1.165, 1.54) is 5.56 Å². The molecular formula is C26H26N4O. The fourth-order valence-electron chi connectivity index (χ4n) is 3.45. The molecule has 0 bridgehead atoms. The average Bonchev–Trinajstić information content (AvgIpc) is 3.30. The zero-order valence-electron chi connectivity index (χ0n) is 18.1. The lowest BCUT2D eigenvalue weighted by atomic mass is 10.0. The maximum atomic E-state index is 12.7. The molecule has 0 saturated carbocycles. The third-order valence-electron chi connectivity index (χ3n) is 5.32. The van der Waals surface area contributed by atoms with Crippen LogP contribution in [0, 0.1) is 0 Å². The van der Waals surface area contributed by atoms with Crippen LogP contribution in [-0.2, 0) is 6.54 Å². The van der Waals surface area contributed by atoms with Crippen LogP contribution in [0.2, 0.25) is 0 Å². The van der Waals surface area contributed by atoms with Crippen molar-refractivity contribution in [3.05, 3.63) is 102 Å². The van der Waals surface area contributed by atoms with Crippen molar-refractivity contribution < 1.29 is 4.79 Å². The minimum Gasteiger partial charge on any atom is -0.337 e. The lowest BCUT2D eigenvalue weighted by Crippen LogP contribution is -2.26. The van der Waals surface area contributed by atoms with Crippen LogP contribution < -0.4 is 0 Å². The van der Waals surface area contributed by atoms with Crippen molar-refractivity contribution in [2.75, 3.05) is 7.05 Å². The molecule has 0 aliphatic rings. The molecule has 0 aliphatic heterocycles. The molecule has 0 spiro atoms. The van der Waals surface area contributed by atoms with Crippen LogP contribution in [0.3, 0.4) is 0 Å². The smallest absolute Gasteiger partial charge is 0.255 e. The first-order valence-corrected chi connectivity index (χ1v) is 10.4. The minimum atomic E-state index is -0.0520. The summed E-state index contributed by atoms with van der Waals surface area (Å²) in [5.74, 6) is 0.447. The van der Waals surface area contributed by atoms with Crippen LogP contribution in [0.25, 0.3) is 16.9 Å². The average molecular weight is 411 g/mol. The Kier molecular flexibility index (Phi) is 5.94. The van der Waals surface area contributed by atoms with Crippen LogP contribution in [0.15, 0.2) is 85.3 Å². The fourth-order valence-corrected chi connectivity index (χ4v) is 3.45. The van der Waals surface area contributed by atoms with E-state index in [1.807, 2.05) is 53.3 Å². The number of hydrogen-bond acceptors (Lipinski definition) is 3. The molecule has 0 atom stereocenters. The first kappa shape index (κ1) is 20.5. The molecule has 0 unspecified atom stereocenters. The van der Waals surface area contributed by atoms with Gasteiger partial charge in [-0.2, -0.15) is 5.10 Å². The number of carbonyl (C=O) groups excluding carboxylic acids is 1. The highest BCUT2D eigenvalue weighted by molar-refractivity contribution is 5.94. The summed E-state index contributed by atoms with van der Waals surface area (Å²) in [6.07, 6.45) is 5.38. The third kappa shape index (κ3) is 4.72. The quantitative estimate of drug-likeness (QED) is 0.432. The van der Waals surface area contributed by atoms with Gasteiger partial charge in [0.1, 0.15) is 0 Å². The van der Waals surface area contributed by atoms with Gasteiger partial charge >= 0.3 is 0 Å². The molecule has 2 heterocycles. The maximum absolute atomic E-state index is 12.7. The molecule has 1 amide bonds. The number of pyridine rings is 1.